The van der Waals surface area contributed by atoms with Gasteiger partial charge in [0, 0.05) is 43.8 Å². The van der Waals surface area contributed by atoms with Gasteiger partial charge in [0.2, 0.25) is 23.6 Å². The van der Waals surface area contributed by atoms with Crippen molar-refractivity contribution in [2.45, 2.75) is 78.7 Å². The summed E-state index contributed by atoms with van der Waals surface area (Å²) in [5.41, 5.74) is 5.20. The molecule has 2 bridgehead atoms. The van der Waals surface area contributed by atoms with Gasteiger partial charge in [-0.2, -0.15) is 5.10 Å². The largest absolute Gasteiger partial charge is 0.345 e. The summed E-state index contributed by atoms with van der Waals surface area (Å²) in [7, 11) is 1.65. The molecule has 0 saturated heterocycles. The standard InChI is InChI=1S/C40H51N9O5S/c1-24(2)35-38(53)43-28(6)40(54)47(7)15-16-48(20-30-19-41-49(21-30)31-14-13-25(3)26(4)17-31)22-34(50)44-32(18-29-11-9-8-10-12-29)39-45-33(23-55-39)37(52)42-27(5)36(51)46-35/h8-14,17,19,21,23-24,27-28,32,35H,15-16,18,20,22H2,1-7H3,(H,42,52)(H,43,53)(H,44,50)(H,46,51)/t27-,28+,32-,35-/m0/s1. The van der Waals surface area contributed by atoms with E-state index in [1.54, 1.807) is 44.1 Å². The van der Waals surface area contributed by atoms with E-state index in [1.165, 1.54) is 28.7 Å². The summed E-state index contributed by atoms with van der Waals surface area (Å²) in [5, 5.41) is 18.0. The first kappa shape index (κ1) is 40.8. The fourth-order valence-electron chi connectivity index (χ4n) is 6.21. The molecule has 3 heterocycles. The van der Waals surface area contributed by atoms with Gasteiger partial charge in [-0.25, -0.2) is 9.67 Å². The molecule has 292 valence electrons. The lowest BCUT2D eigenvalue weighted by Crippen LogP contribution is -2.57. The van der Waals surface area contributed by atoms with Crippen molar-refractivity contribution in [3.63, 3.8) is 0 Å². The Balaban J connectivity index is 1.45. The van der Waals surface area contributed by atoms with Crippen LogP contribution in [0.15, 0.2) is 66.3 Å². The number of likely N-dealkylation sites (N-methyl/N-ethyl adjacent to an activating group) is 1. The van der Waals surface area contributed by atoms with Crippen LogP contribution < -0.4 is 21.3 Å². The molecular weight excluding hydrogens is 719 g/mol. The number of thiazole rings is 1. The molecule has 0 unspecified atom stereocenters. The summed E-state index contributed by atoms with van der Waals surface area (Å²) < 4.78 is 1.80. The average molecular weight is 770 g/mol. The van der Waals surface area contributed by atoms with Crippen molar-refractivity contribution >= 4 is 40.9 Å². The van der Waals surface area contributed by atoms with Crippen molar-refractivity contribution in [3.05, 3.63) is 99.3 Å². The number of aryl methyl sites for hydroxylation is 2. The van der Waals surface area contributed by atoms with Crippen molar-refractivity contribution in [1.82, 2.24) is 45.8 Å². The van der Waals surface area contributed by atoms with E-state index in [4.69, 9.17) is 0 Å². The number of amides is 5. The van der Waals surface area contributed by atoms with Gasteiger partial charge >= 0.3 is 0 Å². The molecule has 1 aliphatic heterocycles. The smallest absolute Gasteiger partial charge is 0.271 e. The first-order chi connectivity index (χ1) is 26.2. The first-order valence-corrected chi connectivity index (χ1v) is 19.3. The minimum absolute atomic E-state index is 0.00544. The van der Waals surface area contributed by atoms with E-state index in [2.05, 4.69) is 57.3 Å². The van der Waals surface area contributed by atoms with Gasteiger partial charge in [0.25, 0.3) is 5.91 Å². The molecule has 15 heteroatoms. The molecule has 4 aromatic rings. The van der Waals surface area contributed by atoms with Gasteiger partial charge in [-0.05, 0) is 68.9 Å². The Kier molecular flexibility index (Phi) is 13.5. The maximum atomic E-state index is 13.9. The molecular formula is C40H51N9O5S. The maximum Gasteiger partial charge on any atom is 0.271 e. The zero-order valence-electron chi connectivity index (χ0n) is 32.5. The van der Waals surface area contributed by atoms with Crippen molar-refractivity contribution < 1.29 is 24.0 Å². The minimum atomic E-state index is -0.995. The number of rotatable bonds is 6. The van der Waals surface area contributed by atoms with Crippen molar-refractivity contribution in [2.75, 3.05) is 26.7 Å². The molecule has 0 aliphatic carbocycles. The van der Waals surface area contributed by atoms with Gasteiger partial charge in [-0.15, -0.1) is 11.3 Å². The summed E-state index contributed by atoms with van der Waals surface area (Å²) in [6.07, 6.45) is 4.12. The SMILES string of the molecule is Cc1ccc(-n2cc(CN3CCN(C)C(=O)[C@@H](C)NC(=O)[C@H](C(C)C)NC(=O)[C@H](C)NC(=O)c4csc(n4)[C@H](Cc4ccccc4)NC(=O)C3)cn2)cc1C. The Morgan fingerprint density at radius 3 is 2.31 bits per heavy atom. The molecule has 0 fully saturated rings. The highest BCUT2D eigenvalue weighted by Gasteiger charge is 2.31. The highest BCUT2D eigenvalue weighted by Crippen LogP contribution is 2.23. The van der Waals surface area contributed by atoms with E-state index >= 15 is 0 Å². The van der Waals surface area contributed by atoms with Gasteiger partial charge in [0.05, 0.1) is 24.5 Å². The lowest BCUT2D eigenvalue weighted by atomic mass is 10.0. The van der Waals surface area contributed by atoms with E-state index in [9.17, 15) is 24.0 Å². The Hall–Kier alpha value is -5.41. The Bertz CT molecular complexity index is 1990. The number of nitrogens with zero attached hydrogens (tertiary/aromatic N) is 5. The number of aromatic nitrogens is 3. The number of carbonyl (C=O) groups excluding carboxylic acids is 5. The number of fused-ring (bicyclic) bond motifs is 2. The molecule has 0 saturated carbocycles. The summed E-state index contributed by atoms with van der Waals surface area (Å²) in [6, 6.07) is 12.4. The molecule has 0 radical (unpaired) electrons. The molecule has 2 aromatic carbocycles. The predicted octanol–water partition coefficient (Wildman–Crippen LogP) is 3.08. The van der Waals surface area contributed by atoms with Crippen LogP contribution in [0.3, 0.4) is 0 Å². The Labute approximate surface area is 326 Å². The quantitative estimate of drug-likeness (QED) is 0.232. The molecule has 5 amide bonds. The predicted molar refractivity (Wildman–Crippen MR) is 210 cm³/mol. The minimum Gasteiger partial charge on any atom is -0.345 e. The van der Waals surface area contributed by atoms with E-state index in [-0.39, 0.29) is 36.5 Å². The Morgan fingerprint density at radius 1 is 0.855 bits per heavy atom. The molecule has 1 aliphatic rings. The monoisotopic (exact) mass is 769 g/mol. The number of hydrogen-bond acceptors (Lipinski definition) is 9. The molecule has 2 aromatic heterocycles. The topological polar surface area (TPSA) is 171 Å². The van der Waals surface area contributed by atoms with Gasteiger partial charge in [0.15, 0.2) is 0 Å². The second kappa shape index (κ2) is 18.3. The lowest BCUT2D eigenvalue weighted by Gasteiger charge is -2.28. The van der Waals surface area contributed by atoms with Gasteiger partial charge in [-0.3, -0.25) is 28.9 Å². The first-order valence-electron chi connectivity index (χ1n) is 18.5. The number of hydrogen-bond donors (Lipinski definition) is 4. The fourth-order valence-corrected chi connectivity index (χ4v) is 7.06. The van der Waals surface area contributed by atoms with Crippen LogP contribution in [0.4, 0.5) is 0 Å². The maximum absolute atomic E-state index is 13.9. The van der Waals surface area contributed by atoms with Crippen LogP contribution in [0.25, 0.3) is 5.69 Å². The van der Waals surface area contributed by atoms with E-state index < -0.39 is 41.9 Å². The molecule has 0 spiro atoms. The summed E-state index contributed by atoms with van der Waals surface area (Å²) in [6.45, 7) is 11.7. The zero-order chi connectivity index (χ0) is 39.8. The summed E-state index contributed by atoms with van der Waals surface area (Å²) >= 11 is 1.24. The average Bonchev–Trinajstić information content (AvgIpc) is 3.84. The molecule has 4 atom stereocenters. The number of carbonyl (C=O) groups is 5. The van der Waals surface area contributed by atoms with Crippen molar-refractivity contribution in [2.24, 2.45) is 5.92 Å². The van der Waals surface area contributed by atoms with Crippen LogP contribution in [0.2, 0.25) is 0 Å². The highest BCUT2D eigenvalue weighted by molar-refractivity contribution is 7.09. The van der Waals surface area contributed by atoms with Crippen LogP contribution in [0.1, 0.15) is 71.5 Å². The van der Waals surface area contributed by atoms with Crippen LogP contribution in [-0.4, -0.2) is 98.9 Å². The van der Waals surface area contributed by atoms with Crippen LogP contribution in [0.5, 0.6) is 0 Å². The van der Waals surface area contributed by atoms with Crippen LogP contribution in [0, 0.1) is 19.8 Å². The third-order valence-corrected chi connectivity index (χ3v) is 10.6. The van der Waals surface area contributed by atoms with E-state index in [1.807, 2.05) is 47.5 Å². The normalized spacial score (nSPS) is 21.4. The van der Waals surface area contributed by atoms with E-state index in [0.29, 0.717) is 24.5 Å². The van der Waals surface area contributed by atoms with Crippen LogP contribution in [-0.2, 0) is 32.1 Å². The summed E-state index contributed by atoms with van der Waals surface area (Å²) in [5.74, 6) is -2.56. The number of benzene rings is 2. The van der Waals surface area contributed by atoms with Gasteiger partial charge in [0.1, 0.15) is 28.8 Å². The van der Waals surface area contributed by atoms with Gasteiger partial charge < -0.3 is 26.2 Å². The van der Waals surface area contributed by atoms with Crippen molar-refractivity contribution in [1.29, 1.82) is 0 Å². The van der Waals surface area contributed by atoms with Gasteiger partial charge in [-0.1, -0.05) is 50.2 Å². The Morgan fingerprint density at radius 2 is 1.60 bits per heavy atom. The summed E-state index contributed by atoms with van der Waals surface area (Å²) in [4.78, 5) is 75.4. The lowest BCUT2D eigenvalue weighted by molar-refractivity contribution is -0.136. The van der Waals surface area contributed by atoms with E-state index in [0.717, 1.165) is 22.4 Å². The second-order valence-corrected chi connectivity index (χ2v) is 15.5. The number of nitrogens with one attached hydrogen (secondary N) is 4. The third-order valence-electron chi connectivity index (χ3n) is 9.68. The molecule has 14 nitrogen and oxygen atoms in total. The van der Waals surface area contributed by atoms with Crippen LogP contribution >= 0.6 is 11.3 Å². The molecule has 5 rings (SSSR count). The second-order valence-electron chi connectivity index (χ2n) is 14.6. The highest BCUT2D eigenvalue weighted by atomic mass is 32.1. The third kappa shape index (κ3) is 10.9. The molecule has 4 N–H and O–H groups in total. The fraction of sp³-hybridized carbons (Fsp3) is 0.425. The molecule has 55 heavy (non-hydrogen) atoms. The zero-order valence-corrected chi connectivity index (χ0v) is 33.3. The van der Waals surface area contributed by atoms with Crippen molar-refractivity contribution in [3.8, 4) is 5.69 Å².